The van der Waals surface area contributed by atoms with Crippen molar-refractivity contribution in [1.29, 1.82) is 0 Å². The van der Waals surface area contributed by atoms with E-state index in [0.717, 1.165) is 31.8 Å². The Morgan fingerprint density at radius 2 is 2.00 bits per heavy atom. The Kier molecular flexibility index (Phi) is 3.18. The fourth-order valence-electron chi connectivity index (χ4n) is 2.96. The van der Waals surface area contributed by atoms with E-state index in [1.165, 1.54) is 6.26 Å². The van der Waals surface area contributed by atoms with Crippen LogP contribution in [0.5, 0.6) is 0 Å². The van der Waals surface area contributed by atoms with E-state index in [-0.39, 0.29) is 17.9 Å². The summed E-state index contributed by atoms with van der Waals surface area (Å²) in [5, 5.41) is 14.8. The molecule has 1 aliphatic carbocycles. The van der Waals surface area contributed by atoms with E-state index in [9.17, 15) is 4.79 Å². The van der Waals surface area contributed by atoms with E-state index in [2.05, 4.69) is 37.1 Å². The zero-order valence-electron chi connectivity index (χ0n) is 12.2. The summed E-state index contributed by atoms with van der Waals surface area (Å²) in [5.74, 6) is 1.83. The molecule has 3 heterocycles. The standard InChI is InChI=1S/C14H17N5O3/c1-19-6-9(7-19)14-17-16-13(22-14)8-4-10(5-8)15-12(20)11-2-3-21-18-11/h2-3,8-10H,4-7H2,1H3,(H,15,20). The van der Waals surface area contributed by atoms with Crippen LogP contribution in [-0.4, -0.2) is 52.3 Å². The zero-order chi connectivity index (χ0) is 15.1. The second-order valence-corrected chi connectivity index (χ2v) is 6.12. The summed E-state index contributed by atoms with van der Waals surface area (Å²) in [5.41, 5.74) is 0.303. The summed E-state index contributed by atoms with van der Waals surface area (Å²) in [6, 6.07) is 1.67. The molecule has 1 saturated heterocycles. The molecule has 1 N–H and O–H groups in total. The molecule has 0 atom stereocenters. The highest BCUT2D eigenvalue weighted by molar-refractivity contribution is 5.92. The third kappa shape index (κ3) is 2.39. The van der Waals surface area contributed by atoms with Gasteiger partial charge in [-0.2, -0.15) is 0 Å². The third-order valence-electron chi connectivity index (χ3n) is 4.36. The number of aromatic nitrogens is 3. The first-order valence-corrected chi connectivity index (χ1v) is 7.42. The molecule has 116 valence electrons. The minimum Gasteiger partial charge on any atom is -0.425 e. The number of likely N-dealkylation sites (tertiary alicyclic amines) is 1. The Morgan fingerprint density at radius 1 is 1.27 bits per heavy atom. The smallest absolute Gasteiger partial charge is 0.273 e. The minimum atomic E-state index is -0.207. The van der Waals surface area contributed by atoms with E-state index in [4.69, 9.17) is 4.42 Å². The molecule has 2 aromatic rings. The first-order chi connectivity index (χ1) is 10.7. The van der Waals surface area contributed by atoms with E-state index in [1.54, 1.807) is 6.07 Å². The molecule has 0 radical (unpaired) electrons. The Balaban J connectivity index is 1.29. The highest BCUT2D eigenvalue weighted by Crippen LogP contribution is 2.37. The van der Waals surface area contributed by atoms with Gasteiger partial charge in [-0.15, -0.1) is 10.2 Å². The van der Waals surface area contributed by atoms with Crippen LogP contribution in [0.4, 0.5) is 0 Å². The van der Waals surface area contributed by atoms with Crippen LogP contribution in [0.2, 0.25) is 0 Å². The molecular weight excluding hydrogens is 286 g/mol. The average molecular weight is 303 g/mol. The van der Waals surface area contributed by atoms with Gasteiger partial charge in [0.1, 0.15) is 6.26 Å². The Labute approximate surface area is 126 Å². The summed E-state index contributed by atoms with van der Waals surface area (Å²) in [6.45, 7) is 1.95. The van der Waals surface area contributed by atoms with Gasteiger partial charge in [0.2, 0.25) is 11.8 Å². The second kappa shape index (κ2) is 5.20. The predicted octanol–water partition coefficient (Wildman–Crippen LogP) is 0.763. The lowest BCUT2D eigenvalue weighted by Crippen LogP contribution is -2.43. The maximum absolute atomic E-state index is 11.8. The number of amides is 1. The first kappa shape index (κ1) is 13.4. The Bertz CT molecular complexity index is 656. The van der Waals surface area contributed by atoms with Gasteiger partial charge in [-0.1, -0.05) is 5.16 Å². The van der Waals surface area contributed by atoms with Crippen molar-refractivity contribution in [2.75, 3.05) is 20.1 Å². The molecule has 8 heteroatoms. The van der Waals surface area contributed by atoms with Crippen LogP contribution in [0.15, 0.2) is 21.3 Å². The number of hydrogen-bond acceptors (Lipinski definition) is 7. The van der Waals surface area contributed by atoms with Crippen LogP contribution in [0.25, 0.3) is 0 Å². The zero-order valence-corrected chi connectivity index (χ0v) is 12.2. The third-order valence-corrected chi connectivity index (χ3v) is 4.36. The molecule has 2 aliphatic rings. The summed E-state index contributed by atoms with van der Waals surface area (Å²) in [4.78, 5) is 14.0. The van der Waals surface area contributed by atoms with Crippen LogP contribution >= 0.6 is 0 Å². The molecule has 2 aromatic heterocycles. The van der Waals surface area contributed by atoms with Gasteiger partial charge in [-0.05, 0) is 19.9 Å². The molecule has 0 spiro atoms. The average Bonchev–Trinajstić information content (AvgIpc) is 3.09. The van der Waals surface area contributed by atoms with Crippen molar-refractivity contribution in [1.82, 2.24) is 25.6 Å². The maximum Gasteiger partial charge on any atom is 0.273 e. The second-order valence-electron chi connectivity index (χ2n) is 6.12. The lowest BCUT2D eigenvalue weighted by atomic mass is 9.80. The van der Waals surface area contributed by atoms with Crippen LogP contribution < -0.4 is 5.32 Å². The Morgan fingerprint density at radius 3 is 2.64 bits per heavy atom. The monoisotopic (exact) mass is 303 g/mol. The summed E-state index contributed by atoms with van der Waals surface area (Å²) < 4.78 is 10.4. The number of hydrogen-bond donors (Lipinski definition) is 1. The van der Waals surface area contributed by atoms with Crippen molar-refractivity contribution in [3.8, 4) is 0 Å². The highest BCUT2D eigenvalue weighted by Gasteiger charge is 2.37. The van der Waals surface area contributed by atoms with Crippen LogP contribution in [0.3, 0.4) is 0 Å². The molecule has 1 saturated carbocycles. The highest BCUT2D eigenvalue weighted by atomic mass is 16.5. The first-order valence-electron chi connectivity index (χ1n) is 7.42. The van der Waals surface area contributed by atoms with Gasteiger partial charge in [0.25, 0.3) is 5.91 Å². The molecule has 8 nitrogen and oxygen atoms in total. The SMILES string of the molecule is CN1CC(c2nnc(C3CC(NC(=O)c4ccon4)C3)o2)C1. The molecular formula is C14H17N5O3. The fourth-order valence-corrected chi connectivity index (χ4v) is 2.96. The van der Waals surface area contributed by atoms with Gasteiger partial charge in [0.05, 0.1) is 5.92 Å². The largest absolute Gasteiger partial charge is 0.425 e. The Hall–Kier alpha value is -2.22. The summed E-state index contributed by atoms with van der Waals surface area (Å²) in [6.07, 6.45) is 3.02. The molecule has 2 fully saturated rings. The maximum atomic E-state index is 11.8. The van der Waals surface area contributed by atoms with Gasteiger partial charge in [0.15, 0.2) is 5.69 Å². The van der Waals surface area contributed by atoms with E-state index >= 15 is 0 Å². The van der Waals surface area contributed by atoms with Crippen LogP contribution in [0.1, 0.15) is 46.9 Å². The number of carbonyl (C=O) groups excluding carboxylic acids is 1. The molecule has 0 aromatic carbocycles. The summed E-state index contributed by atoms with van der Waals surface area (Å²) >= 11 is 0. The molecule has 0 bridgehead atoms. The quantitative estimate of drug-likeness (QED) is 0.890. The predicted molar refractivity (Wildman–Crippen MR) is 74.3 cm³/mol. The van der Waals surface area contributed by atoms with Gasteiger partial charge in [0, 0.05) is 31.1 Å². The summed E-state index contributed by atoms with van der Waals surface area (Å²) in [7, 11) is 2.07. The number of rotatable bonds is 4. The molecule has 4 rings (SSSR count). The number of carbonyl (C=O) groups is 1. The van der Waals surface area contributed by atoms with Gasteiger partial charge in [-0.25, -0.2) is 0 Å². The van der Waals surface area contributed by atoms with E-state index in [0.29, 0.717) is 17.5 Å². The molecule has 0 unspecified atom stereocenters. The van der Waals surface area contributed by atoms with Crippen molar-refractivity contribution in [3.05, 3.63) is 29.8 Å². The van der Waals surface area contributed by atoms with Crippen molar-refractivity contribution < 1.29 is 13.7 Å². The fraction of sp³-hybridized carbons (Fsp3) is 0.571. The van der Waals surface area contributed by atoms with Crippen molar-refractivity contribution in [3.63, 3.8) is 0 Å². The molecule has 22 heavy (non-hydrogen) atoms. The number of nitrogens with zero attached hydrogens (tertiary/aromatic N) is 4. The topological polar surface area (TPSA) is 97.3 Å². The van der Waals surface area contributed by atoms with Crippen molar-refractivity contribution in [2.45, 2.75) is 30.7 Å². The van der Waals surface area contributed by atoms with E-state index in [1.807, 2.05) is 0 Å². The van der Waals surface area contributed by atoms with Crippen LogP contribution in [0, 0.1) is 0 Å². The normalized spacial score (nSPS) is 25.5. The van der Waals surface area contributed by atoms with Gasteiger partial charge < -0.3 is 19.2 Å². The van der Waals surface area contributed by atoms with E-state index < -0.39 is 0 Å². The minimum absolute atomic E-state index is 0.124. The molecule has 1 aliphatic heterocycles. The molecule has 1 amide bonds. The van der Waals surface area contributed by atoms with Crippen molar-refractivity contribution >= 4 is 5.91 Å². The lowest BCUT2D eigenvalue weighted by Gasteiger charge is -2.34. The number of nitrogens with one attached hydrogen (secondary N) is 1. The van der Waals surface area contributed by atoms with Crippen LogP contribution in [-0.2, 0) is 0 Å². The van der Waals surface area contributed by atoms with Gasteiger partial charge >= 0.3 is 0 Å². The lowest BCUT2D eigenvalue weighted by molar-refractivity contribution is 0.0892. The number of likely N-dealkylation sites (N-methyl/N-ethyl adjacent to an activating group) is 1. The van der Waals surface area contributed by atoms with Gasteiger partial charge in [-0.3, -0.25) is 4.79 Å². The van der Waals surface area contributed by atoms with Crippen molar-refractivity contribution in [2.24, 2.45) is 0 Å².